The minimum absolute atomic E-state index is 0.0180. The predicted octanol–water partition coefficient (Wildman–Crippen LogP) is 5.41. The van der Waals surface area contributed by atoms with Gasteiger partial charge in [0.05, 0.1) is 17.7 Å². The van der Waals surface area contributed by atoms with Crippen LogP contribution >= 0.6 is 11.6 Å². The first-order valence-electron chi connectivity index (χ1n) is 13.3. The van der Waals surface area contributed by atoms with E-state index in [9.17, 15) is 22.4 Å². The molecule has 0 spiro atoms. The van der Waals surface area contributed by atoms with Crippen LogP contribution in [0.5, 0.6) is 5.75 Å². The summed E-state index contributed by atoms with van der Waals surface area (Å²) in [6.45, 7) is 3.63. The van der Waals surface area contributed by atoms with Gasteiger partial charge in [-0.1, -0.05) is 44.0 Å². The monoisotopic (exact) mass is 603 g/mol. The van der Waals surface area contributed by atoms with E-state index in [0.717, 1.165) is 17.1 Å². The number of hydrogen-bond acceptors (Lipinski definition) is 5. The maximum atomic E-state index is 14.0. The van der Waals surface area contributed by atoms with Gasteiger partial charge in [-0.25, -0.2) is 12.8 Å². The Balaban J connectivity index is 2.02. The molecule has 3 aromatic rings. The molecule has 0 radical (unpaired) electrons. The van der Waals surface area contributed by atoms with Crippen LogP contribution in [0.15, 0.2) is 77.7 Å². The normalized spacial score (nSPS) is 11.9. The molecule has 0 aliphatic carbocycles. The molecule has 41 heavy (non-hydrogen) atoms. The van der Waals surface area contributed by atoms with Crippen molar-refractivity contribution in [2.75, 3.05) is 24.5 Å². The molecule has 1 unspecified atom stereocenters. The maximum Gasteiger partial charge on any atom is 0.264 e. The Morgan fingerprint density at radius 2 is 1.61 bits per heavy atom. The second-order valence-electron chi connectivity index (χ2n) is 9.38. The van der Waals surface area contributed by atoms with Crippen molar-refractivity contribution in [1.29, 1.82) is 0 Å². The molecule has 3 aromatic carbocycles. The third-order valence-electron chi connectivity index (χ3n) is 6.52. The van der Waals surface area contributed by atoms with Crippen molar-refractivity contribution < 1.29 is 27.1 Å². The minimum atomic E-state index is -4.23. The van der Waals surface area contributed by atoms with Crippen molar-refractivity contribution in [3.05, 3.63) is 89.2 Å². The van der Waals surface area contributed by atoms with Gasteiger partial charge in [0.2, 0.25) is 11.8 Å². The third-order valence-corrected chi connectivity index (χ3v) is 8.56. The van der Waals surface area contributed by atoms with Crippen molar-refractivity contribution in [1.82, 2.24) is 10.2 Å². The first-order chi connectivity index (χ1) is 19.6. The van der Waals surface area contributed by atoms with Crippen molar-refractivity contribution in [2.24, 2.45) is 0 Å². The van der Waals surface area contributed by atoms with Crippen molar-refractivity contribution in [3.8, 4) is 5.75 Å². The fraction of sp³-hybridized carbons (Fsp3) is 0.333. The van der Waals surface area contributed by atoms with E-state index in [0.29, 0.717) is 22.9 Å². The highest BCUT2D eigenvalue weighted by Crippen LogP contribution is 2.27. The number of sulfonamides is 1. The third kappa shape index (κ3) is 8.43. The number of hydrogen-bond donors (Lipinski definition) is 1. The molecule has 1 N–H and O–H groups in total. The van der Waals surface area contributed by atoms with Crippen LogP contribution in [0.2, 0.25) is 5.02 Å². The molecule has 3 rings (SSSR count). The van der Waals surface area contributed by atoms with E-state index in [-0.39, 0.29) is 29.5 Å². The van der Waals surface area contributed by atoms with Crippen LogP contribution < -0.4 is 14.4 Å². The average Bonchev–Trinajstić information content (AvgIpc) is 2.97. The van der Waals surface area contributed by atoms with Gasteiger partial charge in [-0.05, 0) is 79.1 Å². The van der Waals surface area contributed by atoms with Crippen LogP contribution in [0, 0.1) is 5.82 Å². The molecule has 0 heterocycles. The van der Waals surface area contributed by atoms with Crippen LogP contribution in [0.4, 0.5) is 10.1 Å². The van der Waals surface area contributed by atoms with Gasteiger partial charge in [0.25, 0.3) is 10.0 Å². The number of unbranched alkanes of at least 4 members (excludes halogenated alkanes) is 1. The van der Waals surface area contributed by atoms with E-state index in [1.807, 2.05) is 6.92 Å². The van der Waals surface area contributed by atoms with E-state index >= 15 is 0 Å². The van der Waals surface area contributed by atoms with Crippen LogP contribution in [0.1, 0.15) is 38.7 Å². The lowest BCUT2D eigenvalue weighted by molar-refractivity contribution is -0.140. The summed E-state index contributed by atoms with van der Waals surface area (Å²) in [5.41, 5.74) is 0.816. The molecule has 0 aliphatic heterocycles. The quantitative estimate of drug-likeness (QED) is 0.249. The van der Waals surface area contributed by atoms with Gasteiger partial charge in [-0.3, -0.25) is 13.9 Å². The van der Waals surface area contributed by atoms with E-state index in [2.05, 4.69) is 5.32 Å². The summed E-state index contributed by atoms with van der Waals surface area (Å²) in [7, 11) is -2.76. The first kappa shape index (κ1) is 31.9. The van der Waals surface area contributed by atoms with Gasteiger partial charge in [0.1, 0.15) is 24.2 Å². The highest BCUT2D eigenvalue weighted by molar-refractivity contribution is 7.92. The summed E-state index contributed by atoms with van der Waals surface area (Å²) in [6, 6.07) is 16.6. The Morgan fingerprint density at radius 3 is 2.17 bits per heavy atom. The summed E-state index contributed by atoms with van der Waals surface area (Å²) < 4.78 is 47.5. The standard InChI is InChI=1S/C30H35ClFN3O5S/c1-4-6-19-33-30(37)28(5-2)34(20-22-7-11-24(32)12-8-22)29(36)21-35(25-13-9-23(31)10-14-25)41(38,39)27-17-15-26(40-3)16-18-27/h7-18,28H,4-6,19-21H2,1-3H3,(H,33,37). The molecule has 0 fully saturated rings. The van der Waals surface area contributed by atoms with E-state index in [1.165, 1.54) is 84.8 Å². The smallest absolute Gasteiger partial charge is 0.264 e. The molecule has 8 nitrogen and oxygen atoms in total. The molecular weight excluding hydrogens is 569 g/mol. The Kier molecular flexibility index (Phi) is 11.5. The summed E-state index contributed by atoms with van der Waals surface area (Å²) in [4.78, 5) is 28.5. The van der Waals surface area contributed by atoms with Gasteiger partial charge in [-0.2, -0.15) is 0 Å². The van der Waals surface area contributed by atoms with Crippen molar-refractivity contribution in [2.45, 2.75) is 50.6 Å². The van der Waals surface area contributed by atoms with Crippen molar-refractivity contribution in [3.63, 3.8) is 0 Å². The molecule has 0 saturated carbocycles. The first-order valence-corrected chi connectivity index (χ1v) is 15.2. The van der Waals surface area contributed by atoms with Crippen LogP contribution in [0.3, 0.4) is 0 Å². The zero-order chi connectivity index (χ0) is 30.0. The Labute approximate surface area is 246 Å². The van der Waals surface area contributed by atoms with E-state index in [1.54, 1.807) is 6.92 Å². The zero-order valence-corrected chi connectivity index (χ0v) is 24.9. The molecule has 11 heteroatoms. The number of rotatable bonds is 14. The lowest BCUT2D eigenvalue weighted by Crippen LogP contribution is -2.52. The second-order valence-corrected chi connectivity index (χ2v) is 11.7. The lowest BCUT2D eigenvalue weighted by Gasteiger charge is -2.33. The molecule has 0 aromatic heterocycles. The Hall–Kier alpha value is -3.63. The maximum absolute atomic E-state index is 14.0. The topological polar surface area (TPSA) is 96.0 Å². The molecule has 0 saturated heterocycles. The van der Waals surface area contributed by atoms with E-state index < -0.39 is 34.3 Å². The molecular formula is C30H35ClFN3O5S. The highest BCUT2D eigenvalue weighted by Gasteiger charge is 2.33. The fourth-order valence-electron chi connectivity index (χ4n) is 4.22. The Bertz CT molecular complexity index is 1400. The van der Waals surface area contributed by atoms with Crippen LogP contribution in [0.25, 0.3) is 0 Å². The summed E-state index contributed by atoms with van der Waals surface area (Å²) in [6.07, 6.45) is 1.95. The number of carbonyl (C=O) groups is 2. The van der Waals surface area contributed by atoms with E-state index in [4.69, 9.17) is 16.3 Å². The van der Waals surface area contributed by atoms with Gasteiger partial charge < -0.3 is 15.0 Å². The highest BCUT2D eigenvalue weighted by atomic mass is 35.5. The lowest BCUT2D eigenvalue weighted by atomic mass is 10.1. The largest absolute Gasteiger partial charge is 0.497 e. The number of anilines is 1. The van der Waals surface area contributed by atoms with Gasteiger partial charge in [0.15, 0.2) is 0 Å². The number of carbonyl (C=O) groups excluding carboxylic acids is 2. The number of amides is 2. The molecule has 0 aliphatic rings. The fourth-order valence-corrected chi connectivity index (χ4v) is 5.76. The predicted molar refractivity (Wildman–Crippen MR) is 158 cm³/mol. The molecule has 220 valence electrons. The van der Waals surface area contributed by atoms with Crippen molar-refractivity contribution >= 4 is 39.1 Å². The van der Waals surface area contributed by atoms with Gasteiger partial charge in [-0.15, -0.1) is 0 Å². The van der Waals surface area contributed by atoms with Gasteiger partial charge in [0, 0.05) is 18.1 Å². The SMILES string of the molecule is CCCCNC(=O)C(CC)N(Cc1ccc(F)cc1)C(=O)CN(c1ccc(Cl)cc1)S(=O)(=O)c1ccc(OC)cc1. The molecule has 0 bridgehead atoms. The summed E-state index contributed by atoms with van der Waals surface area (Å²) in [5, 5.41) is 3.27. The molecule has 2 amide bonds. The molecule has 1 atom stereocenters. The number of ether oxygens (including phenoxy) is 1. The summed E-state index contributed by atoms with van der Waals surface area (Å²) in [5.74, 6) is -0.898. The number of nitrogens with zero attached hydrogens (tertiary/aromatic N) is 2. The van der Waals surface area contributed by atoms with Crippen LogP contribution in [-0.2, 0) is 26.2 Å². The number of methoxy groups -OCH3 is 1. The second kappa shape index (κ2) is 14.8. The number of benzene rings is 3. The minimum Gasteiger partial charge on any atom is -0.497 e. The average molecular weight is 604 g/mol. The number of halogens is 2. The summed E-state index contributed by atoms with van der Waals surface area (Å²) >= 11 is 6.06. The van der Waals surface area contributed by atoms with Crippen LogP contribution in [-0.4, -0.2) is 51.4 Å². The van der Waals surface area contributed by atoms with Gasteiger partial charge >= 0.3 is 0 Å². The Morgan fingerprint density at radius 1 is 0.976 bits per heavy atom. The number of nitrogens with one attached hydrogen (secondary N) is 1. The zero-order valence-electron chi connectivity index (χ0n) is 23.3.